The molecule has 88 valence electrons. The fourth-order valence-corrected chi connectivity index (χ4v) is 1.35. The number of nitrogens with zero attached hydrogens (tertiary/aromatic N) is 1. The summed E-state index contributed by atoms with van der Waals surface area (Å²) in [6.45, 7) is -0.626. The molecule has 1 aromatic rings. The van der Waals surface area contributed by atoms with Crippen LogP contribution in [0.25, 0.3) is 0 Å². The first kappa shape index (κ1) is 12.9. The summed E-state index contributed by atoms with van der Waals surface area (Å²) in [6.07, 6.45) is -1.65. The van der Waals surface area contributed by atoms with E-state index in [9.17, 15) is 9.90 Å². The fourth-order valence-electron chi connectivity index (χ4n) is 1.09. The van der Waals surface area contributed by atoms with Crippen molar-refractivity contribution in [1.29, 1.82) is 0 Å². The molecule has 16 heavy (non-hydrogen) atoms. The minimum absolute atomic E-state index is 0.136. The molecule has 7 heteroatoms. The van der Waals surface area contributed by atoms with Gasteiger partial charge in [0, 0.05) is 11.8 Å². The van der Waals surface area contributed by atoms with E-state index in [-0.39, 0.29) is 16.3 Å². The Morgan fingerprint density at radius 2 is 2.12 bits per heavy atom. The molecule has 0 aliphatic rings. The molecule has 0 saturated carbocycles. The summed E-state index contributed by atoms with van der Waals surface area (Å²) in [4.78, 5) is 14.1. The molecule has 0 aliphatic carbocycles. The molecule has 0 fully saturated rings. The van der Waals surface area contributed by atoms with Crippen molar-refractivity contribution in [1.82, 2.24) is 4.98 Å². The van der Waals surface area contributed by atoms with Gasteiger partial charge in [0.15, 0.2) is 5.69 Å². The number of rotatable bonds is 4. The molecule has 1 aromatic heterocycles. The van der Waals surface area contributed by atoms with Gasteiger partial charge in [-0.05, 0) is 6.07 Å². The number of aliphatic hydroxyl groups excluding tert-OH is 3. The Hall–Kier alpha value is -1.21. The number of aromatic carboxylic acids is 1. The summed E-state index contributed by atoms with van der Waals surface area (Å²) in [6, 6.07) is 1.18. The third-order valence-electron chi connectivity index (χ3n) is 1.96. The number of hydrogen-bond donors (Lipinski definition) is 4. The van der Waals surface area contributed by atoms with Gasteiger partial charge in [-0.15, -0.1) is 0 Å². The number of hydrogen-bond acceptors (Lipinski definition) is 5. The van der Waals surface area contributed by atoms with Crippen molar-refractivity contribution in [2.45, 2.75) is 12.2 Å². The van der Waals surface area contributed by atoms with Gasteiger partial charge in [-0.2, -0.15) is 0 Å². The molecular formula is C9H10ClNO5. The third kappa shape index (κ3) is 2.67. The van der Waals surface area contributed by atoms with Gasteiger partial charge in [0.1, 0.15) is 12.2 Å². The number of carboxylic acids is 1. The van der Waals surface area contributed by atoms with Gasteiger partial charge < -0.3 is 20.4 Å². The average molecular weight is 248 g/mol. The zero-order valence-electron chi connectivity index (χ0n) is 8.04. The number of aliphatic hydroxyl groups is 3. The lowest BCUT2D eigenvalue weighted by molar-refractivity contribution is -0.0154. The van der Waals surface area contributed by atoms with Crippen LogP contribution in [0.4, 0.5) is 0 Å². The van der Waals surface area contributed by atoms with Crippen LogP contribution in [0.1, 0.15) is 22.2 Å². The SMILES string of the molecule is O=C(O)c1ncc(C(O)C(O)CO)cc1Cl. The normalized spacial score (nSPS) is 14.5. The minimum atomic E-state index is -1.37. The summed E-state index contributed by atoms with van der Waals surface area (Å²) in [7, 11) is 0. The first-order valence-corrected chi connectivity index (χ1v) is 4.71. The summed E-state index contributed by atoms with van der Waals surface area (Å²) < 4.78 is 0. The van der Waals surface area contributed by atoms with Crippen LogP contribution >= 0.6 is 11.6 Å². The number of carbonyl (C=O) groups is 1. The Morgan fingerprint density at radius 3 is 2.56 bits per heavy atom. The molecule has 0 amide bonds. The molecule has 1 heterocycles. The van der Waals surface area contributed by atoms with Crippen LogP contribution in [0.3, 0.4) is 0 Å². The van der Waals surface area contributed by atoms with E-state index in [0.29, 0.717) is 0 Å². The molecule has 2 atom stereocenters. The predicted octanol–water partition coefficient (Wildman–Crippen LogP) is -0.180. The largest absolute Gasteiger partial charge is 0.476 e. The fraction of sp³-hybridized carbons (Fsp3) is 0.333. The number of halogens is 1. The second-order valence-corrected chi connectivity index (χ2v) is 3.51. The highest BCUT2D eigenvalue weighted by molar-refractivity contribution is 6.33. The standard InChI is InChI=1S/C9H10ClNO5/c10-5-1-4(8(14)6(13)3-12)2-11-7(5)9(15)16/h1-2,6,8,12-14H,3H2,(H,15,16). The highest BCUT2D eigenvalue weighted by Gasteiger charge is 2.20. The van der Waals surface area contributed by atoms with Crippen molar-refractivity contribution in [3.8, 4) is 0 Å². The van der Waals surface area contributed by atoms with Crippen LogP contribution in [0, 0.1) is 0 Å². The maximum Gasteiger partial charge on any atom is 0.356 e. The van der Waals surface area contributed by atoms with Gasteiger partial charge in [0.05, 0.1) is 11.6 Å². The van der Waals surface area contributed by atoms with E-state index < -0.39 is 24.8 Å². The molecule has 2 unspecified atom stereocenters. The Labute approximate surface area is 95.8 Å². The van der Waals surface area contributed by atoms with E-state index in [1.165, 1.54) is 6.07 Å². The van der Waals surface area contributed by atoms with Crippen molar-refractivity contribution in [3.63, 3.8) is 0 Å². The molecule has 0 aromatic carbocycles. The molecule has 4 N–H and O–H groups in total. The molecule has 6 nitrogen and oxygen atoms in total. The molecule has 1 rings (SSSR count). The second kappa shape index (κ2) is 5.22. The van der Waals surface area contributed by atoms with E-state index in [4.69, 9.17) is 26.9 Å². The van der Waals surface area contributed by atoms with Crippen molar-refractivity contribution in [2.24, 2.45) is 0 Å². The van der Waals surface area contributed by atoms with E-state index in [0.717, 1.165) is 6.20 Å². The maximum absolute atomic E-state index is 10.6. The zero-order valence-corrected chi connectivity index (χ0v) is 8.79. The second-order valence-electron chi connectivity index (χ2n) is 3.10. The molecular weight excluding hydrogens is 238 g/mol. The Morgan fingerprint density at radius 1 is 1.50 bits per heavy atom. The van der Waals surface area contributed by atoms with Crippen molar-refractivity contribution >= 4 is 17.6 Å². The van der Waals surface area contributed by atoms with Crippen molar-refractivity contribution < 1.29 is 25.2 Å². The lowest BCUT2D eigenvalue weighted by Gasteiger charge is -2.15. The average Bonchev–Trinajstić information content (AvgIpc) is 2.26. The highest BCUT2D eigenvalue weighted by atomic mass is 35.5. The molecule has 0 saturated heterocycles. The monoisotopic (exact) mass is 247 g/mol. The van der Waals surface area contributed by atoms with Crippen molar-refractivity contribution in [3.05, 3.63) is 28.5 Å². The molecule has 0 radical (unpaired) electrons. The Kier molecular flexibility index (Phi) is 4.19. The highest BCUT2D eigenvalue weighted by Crippen LogP contribution is 2.21. The minimum Gasteiger partial charge on any atom is -0.476 e. The first-order chi connectivity index (χ1) is 7.47. The van der Waals surface area contributed by atoms with Crippen LogP contribution in [-0.4, -0.2) is 44.1 Å². The van der Waals surface area contributed by atoms with Gasteiger partial charge in [0.2, 0.25) is 0 Å². The van der Waals surface area contributed by atoms with Gasteiger partial charge in [-0.25, -0.2) is 9.78 Å². The van der Waals surface area contributed by atoms with Gasteiger partial charge in [0.25, 0.3) is 0 Å². The number of pyridine rings is 1. The molecule has 0 spiro atoms. The lowest BCUT2D eigenvalue weighted by atomic mass is 10.1. The smallest absolute Gasteiger partial charge is 0.356 e. The van der Waals surface area contributed by atoms with Gasteiger partial charge in [-0.1, -0.05) is 11.6 Å². The van der Waals surface area contributed by atoms with E-state index in [1.807, 2.05) is 0 Å². The summed E-state index contributed by atoms with van der Waals surface area (Å²) in [5.74, 6) is -1.28. The topological polar surface area (TPSA) is 111 Å². The van der Waals surface area contributed by atoms with Crippen LogP contribution in [-0.2, 0) is 0 Å². The van der Waals surface area contributed by atoms with Gasteiger partial charge >= 0.3 is 5.97 Å². The Bertz CT molecular complexity index is 397. The quantitative estimate of drug-likeness (QED) is 0.587. The van der Waals surface area contributed by atoms with E-state index in [2.05, 4.69) is 4.98 Å². The molecule has 0 bridgehead atoms. The number of carboxylic acid groups (broad SMARTS) is 1. The lowest BCUT2D eigenvalue weighted by Crippen LogP contribution is -2.22. The Balaban J connectivity index is 3.01. The van der Waals surface area contributed by atoms with Crippen LogP contribution in [0.5, 0.6) is 0 Å². The van der Waals surface area contributed by atoms with E-state index in [1.54, 1.807) is 0 Å². The van der Waals surface area contributed by atoms with E-state index >= 15 is 0 Å². The summed E-state index contributed by atoms with van der Waals surface area (Å²) >= 11 is 5.62. The third-order valence-corrected chi connectivity index (χ3v) is 2.25. The molecule has 0 aliphatic heterocycles. The van der Waals surface area contributed by atoms with Gasteiger partial charge in [-0.3, -0.25) is 0 Å². The number of aromatic nitrogens is 1. The first-order valence-electron chi connectivity index (χ1n) is 4.33. The summed E-state index contributed by atoms with van der Waals surface area (Å²) in [5.41, 5.74) is -0.201. The van der Waals surface area contributed by atoms with Crippen molar-refractivity contribution in [2.75, 3.05) is 6.61 Å². The maximum atomic E-state index is 10.6. The van der Waals surface area contributed by atoms with Crippen LogP contribution in [0.15, 0.2) is 12.3 Å². The predicted molar refractivity (Wildman–Crippen MR) is 54.3 cm³/mol. The van der Waals surface area contributed by atoms with Crippen LogP contribution < -0.4 is 0 Å². The summed E-state index contributed by atoms with van der Waals surface area (Å²) in [5, 5.41) is 35.8. The zero-order chi connectivity index (χ0) is 12.3. The van der Waals surface area contributed by atoms with Crippen LogP contribution in [0.2, 0.25) is 5.02 Å².